The van der Waals surface area contributed by atoms with E-state index in [2.05, 4.69) is 30.1 Å². The van der Waals surface area contributed by atoms with Gasteiger partial charge in [0.1, 0.15) is 11.6 Å². The summed E-state index contributed by atoms with van der Waals surface area (Å²) in [4.78, 5) is 20.0. The lowest BCUT2D eigenvalue weighted by molar-refractivity contribution is 0.144. The zero-order valence-electron chi connectivity index (χ0n) is 23.2. The number of aliphatic hydroxyl groups excluding tert-OH is 2. The van der Waals surface area contributed by atoms with Crippen LogP contribution in [0.5, 0.6) is 0 Å². The minimum Gasteiger partial charge on any atom is -0.510 e. The summed E-state index contributed by atoms with van der Waals surface area (Å²) in [5, 5.41) is 23.5. The zero-order valence-corrected chi connectivity index (χ0v) is 23.2. The van der Waals surface area contributed by atoms with E-state index >= 15 is 4.39 Å². The number of piperazine rings is 1. The van der Waals surface area contributed by atoms with Gasteiger partial charge in [0, 0.05) is 80.9 Å². The molecule has 10 nitrogen and oxygen atoms in total. The Morgan fingerprint density at radius 2 is 1.95 bits per heavy atom. The zero-order chi connectivity index (χ0) is 28.5. The first-order valence-corrected chi connectivity index (χ1v) is 14.3. The number of fused-ring (bicyclic) bond motifs is 1. The molecule has 0 radical (unpaired) electrons. The van der Waals surface area contributed by atoms with Crippen molar-refractivity contribution in [3.63, 3.8) is 0 Å². The normalized spacial score (nSPS) is 21.9. The van der Waals surface area contributed by atoms with E-state index in [1.165, 1.54) is 0 Å². The number of aliphatic hydroxyl groups is 2. The number of aromatic nitrogens is 3. The Morgan fingerprint density at radius 3 is 2.76 bits per heavy atom. The lowest BCUT2D eigenvalue weighted by Crippen LogP contribution is -2.44. The van der Waals surface area contributed by atoms with Crippen LogP contribution >= 0.6 is 0 Å². The molecule has 0 spiro atoms. The Bertz CT molecular complexity index is 1420. The molecule has 3 aliphatic rings. The van der Waals surface area contributed by atoms with Gasteiger partial charge < -0.3 is 31.1 Å². The monoisotopic (exact) mass is 560 g/mol. The van der Waals surface area contributed by atoms with Gasteiger partial charge in [-0.1, -0.05) is 12.1 Å². The summed E-state index contributed by atoms with van der Waals surface area (Å²) in [6.07, 6.45) is 6.90. The second-order valence-electron chi connectivity index (χ2n) is 11.1. The summed E-state index contributed by atoms with van der Waals surface area (Å²) < 4.78 is 15.8. The van der Waals surface area contributed by atoms with E-state index < -0.39 is 6.10 Å². The Balaban J connectivity index is 1.17. The first kappa shape index (κ1) is 27.4. The third-order valence-electron chi connectivity index (χ3n) is 8.51. The number of hydrogen-bond donors (Lipinski definition) is 4. The average molecular weight is 561 g/mol. The van der Waals surface area contributed by atoms with E-state index in [0.29, 0.717) is 61.3 Å². The Labute approximate surface area is 239 Å². The lowest BCUT2D eigenvalue weighted by atomic mass is 10.0. The molecule has 0 amide bonds. The van der Waals surface area contributed by atoms with Crippen molar-refractivity contribution in [3.8, 4) is 11.1 Å². The Morgan fingerprint density at radius 1 is 1.12 bits per heavy atom. The summed E-state index contributed by atoms with van der Waals surface area (Å²) >= 11 is 0. The number of nitrogens with one attached hydrogen (secondary N) is 1. The third kappa shape index (κ3) is 5.57. The van der Waals surface area contributed by atoms with Gasteiger partial charge in [-0.15, -0.1) is 0 Å². The second kappa shape index (κ2) is 11.6. The van der Waals surface area contributed by atoms with E-state index in [1.807, 2.05) is 36.1 Å². The maximum atomic E-state index is 15.8. The van der Waals surface area contributed by atoms with E-state index in [-0.39, 0.29) is 17.9 Å². The molecular weight excluding hydrogens is 523 g/mol. The number of anilines is 3. The van der Waals surface area contributed by atoms with Gasteiger partial charge >= 0.3 is 0 Å². The molecule has 41 heavy (non-hydrogen) atoms. The van der Waals surface area contributed by atoms with Gasteiger partial charge in [-0.2, -0.15) is 0 Å². The number of nitrogens with two attached hydrogens (primary N) is 1. The van der Waals surface area contributed by atoms with Crippen molar-refractivity contribution in [1.29, 1.82) is 0 Å². The molecule has 5 N–H and O–H groups in total. The van der Waals surface area contributed by atoms with Crippen LogP contribution in [-0.2, 0) is 0 Å². The molecule has 5 heterocycles. The minimum absolute atomic E-state index is 0.127. The first-order valence-electron chi connectivity index (χ1n) is 14.3. The number of pyridine rings is 1. The molecule has 0 saturated carbocycles. The highest BCUT2D eigenvalue weighted by molar-refractivity contribution is 5.68. The highest BCUT2D eigenvalue weighted by Gasteiger charge is 2.33. The number of halogens is 1. The molecule has 2 aromatic heterocycles. The second-order valence-corrected chi connectivity index (χ2v) is 11.1. The molecule has 0 aliphatic carbocycles. The van der Waals surface area contributed by atoms with Crippen molar-refractivity contribution < 1.29 is 14.6 Å². The van der Waals surface area contributed by atoms with Gasteiger partial charge in [0.2, 0.25) is 5.95 Å². The summed E-state index contributed by atoms with van der Waals surface area (Å²) in [5.41, 5.74) is 9.32. The van der Waals surface area contributed by atoms with Gasteiger partial charge in [-0.25, -0.2) is 19.3 Å². The van der Waals surface area contributed by atoms with Crippen molar-refractivity contribution in [2.45, 2.75) is 44.4 Å². The molecular formula is C30H37FN8O2. The molecule has 0 bridgehead atoms. The molecule has 3 unspecified atom stereocenters. The molecule has 3 aromatic rings. The van der Waals surface area contributed by atoms with Crippen LogP contribution in [0, 0.1) is 5.82 Å². The fourth-order valence-electron chi connectivity index (χ4n) is 6.20. The topological polar surface area (TPSA) is 127 Å². The van der Waals surface area contributed by atoms with Crippen LogP contribution in [0.1, 0.15) is 37.8 Å². The summed E-state index contributed by atoms with van der Waals surface area (Å²) in [5.74, 6) is 1.22. The number of hydrogen-bond acceptors (Lipinski definition) is 10. The smallest absolute Gasteiger partial charge is 0.225 e. The predicted molar refractivity (Wildman–Crippen MR) is 156 cm³/mol. The van der Waals surface area contributed by atoms with Crippen molar-refractivity contribution in [2.24, 2.45) is 5.73 Å². The molecule has 2 fully saturated rings. The largest absolute Gasteiger partial charge is 0.510 e. The van der Waals surface area contributed by atoms with Crippen LogP contribution in [0.15, 0.2) is 60.4 Å². The molecule has 3 atom stereocenters. The molecule has 11 heteroatoms. The maximum Gasteiger partial charge on any atom is 0.225 e. The predicted octanol–water partition coefficient (Wildman–Crippen LogP) is 3.56. The van der Waals surface area contributed by atoms with Crippen molar-refractivity contribution >= 4 is 17.5 Å². The summed E-state index contributed by atoms with van der Waals surface area (Å²) in [6.45, 7) is 6.16. The van der Waals surface area contributed by atoms with Crippen molar-refractivity contribution in [2.75, 3.05) is 49.5 Å². The average Bonchev–Trinajstić information content (AvgIpc) is 3.55. The third-order valence-corrected chi connectivity index (χ3v) is 8.51. The SMILES string of the molecule is CC(c1cccc(Nc2cc(-c3cnc(N4CC(O)CC4CCN)nc3)ccn2)c1F)N1CCN2CCC(O)=C2C1. The van der Waals surface area contributed by atoms with Crippen LogP contribution < -0.4 is 16.0 Å². The van der Waals surface area contributed by atoms with E-state index in [1.54, 1.807) is 24.7 Å². The molecule has 3 aliphatic heterocycles. The minimum atomic E-state index is -0.408. The number of β-amino-alcohol motifs (C(OH)–C–C–N with tert-alkyl or cyclic N) is 1. The van der Waals surface area contributed by atoms with Gasteiger partial charge in [-0.3, -0.25) is 4.90 Å². The quantitative estimate of drug-likeness (QED) is 0.325. The van der Waals surface area contributed by atoms with Crippen molar-refractivity contribution in [3.05, 3.63) is 71.8 Å². The number of nitrogens with zero attached hydrogens (tertiary/aromatic N) is 6. The fraction of sp³-hybridized carbons (Fsp3) is 0.433. The Kier molecular flexibility index (Phi) is 7.74. The molecule has 2 saturated heterocycles. The first-order chi connectivity index (χ1) is 19.9. The van der Waals surface area contributed by atoms with Gasteiger partial charge in [0.15, 0.2) is 5.82 Å². The standard InChI is InChI=1S/C30H37FN8O2/c1-19(38-12-11-37-10-7-27(41)26(37)18-38)24-3-2-4-25(29(24)31)36-28-13-20(6-9-33-28)21-15-34-30(35-16-21)39-17-23(40)14-22(39)5-8-32/h2-4,6,9,13,15-16,19,22-23,40-41H,5,7-8,10-12,14,17-18,32H2,1H3,(H,33,36). The van der Waals surface area contributed by atoms with Crippen molar-refractivity contribution in [1.82, 2.24) is 24.8 Å². The van der Waals surface area contributed by atoms with Crippen LogP contribution in [0.3, 0.4) is 0 Å². The van der Waals surface area contributed by atoms with E-state index in [9.17, 15) is 10.2 Å². The molecule has 6 rings (SSSR count). The van der Waals surface area contributed by atoms with Crippen LogP contribution in [0.2, 0.25) is 0 Å². The van der Waals surface area contributed by atoms with Crippen LogP contribution in [-0.4, -0.2) is 86.4 Å². The summed E-state index contributed by atoms with van der Waals surface area (Å²) in [7, 11) is 0. The number of benzene rings is 1. The van der Waals surface area contributed by atoms with Gasteiger partial charge in [-0.05, 0) is 50.1 Å². The van der Waals surface area contributed by atoms with E-state index in [4.69, 9.17) is 5.73 Å². The van der Waals surface area contributed by atoms with Crippen LogP contribution in [0.4, 0.5) is 21.8 Å². The Hall–Kier alpha value is -3.80. The highest BCUT2D eigenvalue weighted by Crippen LogP contribution is 2.33. The highest BCUT2D eigenvalue weighted by atomic mass is 19.1. The van der Waals surface area contributed by atoms with Gasteiger partial charge in [0.25, 0.3) is 0 Å². The fourth-order valence-corrected chi connectivity index (χ4v) is 6.20. The molecule has 216 valence electrons. The van der Waals surface area contributed by atoms with E-state index in [0.717, 1.165) is 42.9 Å². The van der Waals surface area contributed by atoms with Crippen LogP contribution in [0.25, 0.3) is 11.1 Å². The lowest BCUT2D eigenvalue weighted by Gasteiger charge is -2.38. The number of rotatable bonds is 8. The maximum absolute atomic E-state index is 15.8. The van der Waals surface area contributed by atoms with Gasteiger partial charge in [0.05, 0.1) is 17.5 Å². The molecule has 1 aromatic carbocycles. The summed E-state index contributed by atoms with van der Waals surface area (Å²) in [6, 6.07) is 9.06.